The summed E-state index contributed by atoms with van der Waals surface area (Å²) in [6.07, 6.45) is 2.33. The van der Waals surface area contributed by atoms with Crippen LogP contribution < -0.4 is 14.2 Å². The Bertz CT molecular complexity index is 1060. The lowest BCUT2D eigenvalue weighted by Gasteiger charge is -2.34. The van der Waals surface area contributed by atoms with Gasteiger partial charge in [-0.3, -0.25) is 9.59 Å². The molecule has 36 heavy (non-hydrogen) atoms. The van der Waals surface area contributed by atoms with Gasteiger partial charge in [0, 0.05) is 32.3 Å². The molecule has 2 heterocycles. The predicted octanol–water partition coefficient (Wildman–Crippen LogP) is 4.23. The number of methoxy groups -OCH3 is 1. The van der Waals surface area contributed by atoms with Crippen molar-refractivity contribution < 1.29 is 28.5 Å². The molecule has 0 unspecified atom stereocenters. The third kappa shape index (κ3) is 6.10. The number of para-hydroxylation sites is 1. The molecule has 0 fully saturated rings. The molecule has 4 rings (SSSR count). The number of nitrogens with zero attached hydrogens (tertiary/aromatic N) is 2. The van der Waals surface area contributed by atoms with E-state index >= 15 is 0 Å². The molecule has 2 amide bonds. The number of carbonyl (C=O) groups is 2. The van der Waals surface area contributed by atoms with Crippen molar-refractivity contribution in [1.82, 2.24) is 9.80 Å². The molecule has 2 aromatic rings. The molecule has 0 N–H and O–H groups in total. The maximum absolute atomic E-state index is 13.8. The number of rotatable bonds is 6. The highest BCUT2D eigenvalue weighted by Crippen LogP contribution is 2.33. The first-order valence-corrected chi connectivity index (χ1v) is 12.7. The maximum atomic E-state index is 13.8. The van der Waals surface area contributed by atoms with E-state index in [-0.39, 0.29) is 24.6 Å². The van der Waals surface area contributed by atoms with Crippen molar-refractivity contribution in [2.24, 2.45) is 5.92 Å². The summed E-state index contributed by atoms with van der Waals surface area (Å²) in [7, 11) is 1.63. The van der Waals surface area contributed by atoms with Crippen LogP contribution in [0.25, 0.3) is 0 Å². The summed E-state index contributed by atoms with van der Waals surface area (Å²) in [5.41, 5.74) is 1.10. The first-order chi connectivity index (χ1) is 17.5. The number of fused-ring (bicyclic) bond motifs is 2. The summed E-state index contributed by atoms with van der Waals surface area (Å²) < 4.78 is 22.4. The van der Waals surface area contributed by atoms with E-state index in [1.807, 2.05) is 28.0 Å². The Morgan fingerprint density at radius 1 is 1.03 bits per heavy atom. The van der Waals surface area contributed by atoms with Crippen LogP contribution in [0.5, 0.6) is 17.2 Å². The summed E-state index contributed by atoms with van der Waals surface area (Å²) in [6.45, 7) is 6.86. The van der Waals surface area contributed by atoms with Crippen molar-refractivity contribution in [1.29, 1.82) is 0 Å². The van der Waals surface area contributed by atoms with Crippen LogP contribution in [0.3, 0.4) is 0 Å². The minimum absolute atomic E-state index is 0.0554. The zero-order chi connectivity index (χ0) is 25.5. The van der Waals surface area contributed by atoms with Gasteiger partial charge in [-0.05, 0) is 55.5 Å². The van der Waals surface area contributed by atoms with Gasteiger partial charge in [0.1, 0.15) is 12.4 Å². The largest absolute Gasteiger partial charge is 0.491 e. The fraction of sp³-hybridized carbons (Fsp3) is 0.500. The molecule has 0 aliphatic carbocycles. The van der Waals surface area contributed by atoms with Gasteiger partial charge in [0.2, 0.25) is 6.79 Å². The number of hydrogen-bond acceptors (Lipinski definition) is 6. The second kappa shape index (κ2) is 12.1. The van der Waals surface area contributed by atoms with Gasteiger partial charge in [-0.1, -0.05) is 26.0 Å². The SMILES string of the molecule is COCCN1CCCCN(C(=O)c2ccc3c(c2)OCO3)[C@@H](CC(C)C)COc2ccccc2C1=O. The summed E-state index contributed by atoms with van der Waals surface area (Å²) in [4.78, 5) is 30.9. The zero-order valence-electron chi connectivity index (χ0n) is 21.4. The normalized spacial score (nSPS) is 18.3. The van der Waals surface area contributed by atoms with Gasteiger partial charge in [0.05, 0.1) is 18.2 Å². The van der Waals surface area contributed by atoms with E-state index in [1.54, 1.807) is 31.4 Å². The maximum Gasteiger partial charge on any atom is 0.257 e. The predicted molar refractivity (Wildman–Crippen MR) is 136 cm³/mol. The Balaban J connectivity index is 1.63. The van der Waals surface area contributed by atoms with Gasteiger partial charge in [-0.15, -0.1) is 0 Å². The zero-order valence-corrected chi connectivity index (χ0v) is 21.4. The molecule has 8 nitrogen and oxygen atoms in total. The fourth-order valence-electron chi connectivity index (χ4n) is 4.70. The van der Waals surface area contributed by atoms with Crippen molar-refractivity contribution in [3.8, 4) is 17.2 Å². The van der Waals surface area contributed by atoms with Crippen LogP contribution in [-0.4, -0.2) is 74.4 Å². The highest BCUT2D eigenvalue weighted by Gasteiger charge is 2.29. The van der Waals surface area contributed by atoms with Crippen molar-refractivity contribution in [2.45, 2.75) is 39.2 Å². The Morgan fingerprint density at radius 2 is 1.81 bits per heavy atom. The minimum Gasteiger partial charge on any atom is -0.491 e. The molecule has 0 aromatic heterocycles. The molecule has 0 bridgehead atoms. The van der Waals surface area contributed by atoms with Crippen molar-refractivity contribution in [3.05, 3.63) is 53.6 Å². The van der Waals surface area contributed by atoms with Gasteiger partial charge in [0.25, 0.3) is 11.8 Å². The van der Waals surface area contributed by atoms with Crippen LogP contribution in [-0.2, 0) is 4.74 Å². The topological polar surface area (TPSA) is 77.5 Å². The highest BCUT2D eigenvalue weighted by atomic mass is 16.7. The quantitative estimate of drug-likeness (QED) is 0.596. The van der Waals surface area contributed by atoms with Crippen molar-refractivity contribution >= 4 is 11.8 Å². The molecule has 2 aromatic carbocycles. The van der Waals surface area contributed by atoms with Crippen LogP contribution >= 0.6 is 0 Å². The van der Waals surface area contributed by atoms with E-state index in [2.05, 4.69) is 13.8 Å². The lowest BCUT2D eigenvalue weighted by molar-refractivity contribution is 0.0545. The van der Waals surface area contributed by atoms with E-state index in [0.29, 0.717) is 67.1 Å². The van der Waals surface area contributed by atoms with E-state index in [1.165, 1.54) is 0 Å². The van der Waals surface area contributed by atoms with E-state index in [9.17, 15) is 9.59 Å². The summed E-state index contributed by atoms with van der Waals surface area (Å²) in [5.74, 6) is 2.03. The minimum atomic E-state index is -0.143. The third-order valence-electron chi connectivity index (χ3n) is 6.54. The van der Waals surface area contributed by atoms with Crippen molar-refractivity contribution in [2.75, 3.05) is 46.8 Å². The first kappa shape index (κ1) is 25.8. The van der Waals surface area contributed by atoms with Gasteiger partial charge < -0.3 is 28.7 Å². The number of hydrogen-bond donors (Lipinski definition) is 0. The second-order valence-electron chi connectivity index (χ2n) is 9.65. The van der Waals surface area contributed by atoms with Crippen LogP contribution in [0.4, 0.5) is 0 Å². The van der Waals surface area contributed by atoms with Gasteiger partial charge in [0.15, 0.2) is 11.5 Å². The molecule has 0 radical (unpaired) electrons. The molecule has 8 heteroatoms. The third-order valence-corrected chi connectivity index (χ3v) is 6.54. The number of amides is 2. The molecule has 0 saturated carbocycles. The van der Waals surface area contributed by atoms with Gasteiger partial charge in [-0.25, -0.2) is 0 Å². The summed E-state index contributed by atoms with van der Waals surface area (Å²) >= 11 is 0. The molecule has 0 spiro atoms. The molecule has 1 atom stereocenters. The monoisotopic (exact) mass is 496 g/mol. The Morgan fingerprint density at radius 3 is 2.61 bits per heavy atom. The average Bonchev–Trinajstić information content (AvgIpc) is 3.35. The van der Waals surface area contributed by atoms with Crippen LogP contribution in [0.2, 0.25) is 0 Å². The van der Waals surface area contributed by atoms with Gasteiger partial charge in [-0.2, -0.15) is 0 Å². The highest BCUT2D eigenvalue weighted by molar-refractivity contribution is 5.97. The number of ether oxygens (including phenoxy) is 4. The molecule has 2 aliphatic rings. The molecular formula is C28H36N2O6. The Labute approximate surface area is 213 Å². The van der Waals surface area contributed by atoms with Gasteiger partial charge >= 0.3 is 0 Å². The molecular weight excluding hydrogens is 460 g/mol. The standard InChI is InChI=1S/C28H36N2O6/c1-20(2)16-22-18-34-24-9-5-4-8-23(24)28(32)29(14-15-33-3)12-6-7-13-30(22)27(31)21-10-11-25-26(17-21)36-19-35-25/h4-5,8-11,17,20,22H,6-7,12-16,18-19H2,1-3H3/t22-/m0/s1. The fourth-order valence-corrected chi connectivity index (χ4v) is 4.70. The smallest absolute Gasteiger partial charge is 0.257 e. The average molecular weight is 497 g/mol. The molecule has 194 valence electrons. The summed E-state index contributed by atoms with van der Waals surface area (Å²) in [6, 6.07) is 12.5. The first-order valence-electron chi connectivity index (χ1n) is 12.7. The second-order valence-corrected chi connectivity index (χ2v) is 9.65. The number of carbonyl (C=O) groups excluding carboxylic acids is 2. The van der Waals surface area contributed by atoms with Crippen LogP contribution in [0.15, 0.2) is 42.5 Å². The van der Waals surface area contributed by atoms with E-state index in [4.69, 9.17) is 18.9 Å². The molecule has 2 aliphatic heterocycles. The van der Waals surface area contributed by atoms with Crippen molar-refractivity contribution in [3.63, 3.8) is 0 Å². The number of benzene rings is 2. The van der Waals surface area contributed by atoms with E-state index < -0.39 is 0 Å². The lowest BCUT2D eigenvalue weighted by Crippen LogP contribution is -2.45. The lowest BCUT2D eigenvalue weighted by atomic mass is 10.0. The van der Waals surface area contributed by atoms with Crippen LogP contribution in [0, 0.1) is 5.92 Å². The van der Waals surface area contributed by atoms with E-state index in [0.717, 1.165) is 19.3 Å². The van der Waals surface area contributed by atoms with Crippen LogP contribution in [0.1, 0.15) is 53.8 Å². The Hall–Kier alpha value is -3.26. The molecule has 0 saturated heterocycles. The summed E-state index contributed by atoms with van der Waals surface area (Å²) in [5, 5.41) is 0. The Kier molecular flexibility index (Phi) is 8.70.